The molecule has 0 bridgehead atoms. The first-order chi connectivity index (χ1) is 9.77. The van der Waals surface area contributed by atoms with Crippen molar-refractivity contribution < 1.29 is 17.6 Å². The highest BCUT2D eigenvalue weighted by Gasteiger charge is 2.34. The molecule has 0 aliphatic heterocycles. The Bertz CT molecular complexity index is 623. The summed E-state index contributed by atoms with van der Waals surface area (Å²) >= 11 is 3.34. The lowest BCUT2D eigenvalue weighted by Crippen LogP contribution is -2.09. The summed E-state index contributed by atoms with van der Waals surface area (Å²) in [6, 6.07) is 6.72. The van der Waals surface area contributed by atoms with Crippen LogP contribution in [0.4, 0.5) is 17.6 Å². The molecular formula is C15H12BrF4N. The molecule has 0 aliphatic rings. The summed E-state index contributed by atoms with van der Waals surface area (Å²) < 4.78 is 51.3. The zero-order valence-electron chi connectivity index (χ0n) is 11.1. The van der Waals surface area contributed by atoms with Gasteiger partial charge in [-0.2, -0.15) is 13.2 Å². The van der Waals surface area contributed by atoms with Crippen molar-refractivity contribution in [2.75, 3.05) is 0 Å². The van der Waals surface area contributed by atoms with E-state index in [0.29, 0.717) is 12.0 Å². The second-order valence-electron chi connectivity index (χ2n) is 4.74. The highest BCUT2D eigenvalue weighted by molar-refractivity contribution is 9.09. The lowest BCUT2D eigenvalue weighted by atomic mass is 10.0. The smallest absolute Gasteiger partial charge is 0.261 e. The van der Waals surface area contributed by atoms with E-state index in [9.17, 15) is 17.6 Å². The molecule has 0 saturated carbocycles. The van der Waals surface area contributed by atoms with Gasteiger partial charge < -0.3 is 0 Å². The molecule has 1 atom stereocenters. The Labute approximate surface area is 128 Å². The number of alkyl halides is 4. The minimum atomic E-state index is -4.70. The number of pyridine rings is 1. The van der Waals surface area contributed by atoms with Crippen molar-refractivity contribution in [3.05, 3.63) is 64.7 Å². The van der Waals surface area contributed by atoms with Crippen molar-refractivity contribution in [2.45, 2.75) is 24.3 Å². The Kier molecular flexibility index (Phi) is 4.66. The zero-order valence-corrected chi connectivity index (χ0v) is 12.7. The third kappa shape index (κ3) is 4.03. The van der Waals surface area contributed by atoms with Gasteiger partial charge in [-0.15, -0.1) is 0 Å². The normalized spacial score (nSPS) is 13.2. The first-order valence-corrected chi connectivity index (χ1v) is 7.11. The molecule has 0 N–H and O–H groups in total. The van der Waals surface area contributed by atoms with Gasteiger partial charge in [0, 0.05) is 23.1 Å². The maximum absolute atomic E-state index is 13.3. The van der Waals surface area contributed by atoms with Crippen LogP contribution in [0.2, 0.25) is 0 Å². The maximum atomic E-state index is 13.3. The largest absolute Gasteiger partial charge is 0.419 e. The standard InChI is InChI=1S/C15H12BrF4N/c1-9-2-4-11(21-8-9)7-13(16)10-3-5-14(17)12(6-10)15(18,19)20/h2-6,8,13H,7H2,1H3. The number of aryl methyl sites for hydroxylation is 1. The second kappa shape index (κ2) is 6.13. The van der Waals surface area contributed by atoms with Crippen molar-refractivity contribution in [1.82, 2.24) is 4.98 Å². The van der Waals surface area contributed by atoms with Gasteiger partial charge in [0.2, 0.25) is 0 Å². The lowest BCUT2D eigenvalue weighted by molar-refractivity contribution is -0.140. The summed E-state index contributed by atoms with van der Waals surface area (Å²) in [6.45, 7) is 1.90. The number of nitrogens with zero attached hydrogens (tertiary/aromatic N) is 1. The first-order valence-electron chi connectivity index (χ1n) is 6.19. The number of benzene rings is 1. The maximum Gasteiger partial charge on any atom is 0.419 e. The molecule has 6 heteroatoms. The van der Waals surface area contributed by atoms with Crippen LogP contribution < -0.4 is 0 Å². The van der Waals surface area contributed by atoms with E-state index in [0.717, 1.165) is 23.4 Å². The average molecular weight is 362 g/mol. The van der Waals surface area contributed by atoms with E-state index in [1.54, 1.807) is 6.20 Å². The summed E-state index contributed by atoms with van der Waals surface area (Å²) in [5.41, 5.74) is 0.874. The molecule has 1 aromatic carbocycles. The molecule has 2 aromatic rings. The van der Waals surface area contributed by atoms with E-state index >= 15 is 0 Å². The van der Waals surface area contributed by atoms with Crippen molar-refractivity contribution in [2.24, 2.45) is 0 Å². The third-order valence-electron chi connectivity index (χ3n) is 3.02. The monoisotopic (exact) mass is 361 g/mol. The van der Waals surface area contributed by atoms with Gasteiger partial charge in [-0.3, -0.25) is 4.98 Å². The summed E-state index contributed by atoms with van der Waals surface area (Å²) in [5, 5.41) is 0. The van der Waals surface area contributed by atoms with E-state index in [1.165, 1.54) is 6.07 Å². The number of halogens is 5. The molecule has 0 saturated heterocycles. The van der Waals surface area contributed by atoms with Crippen LogP contribution in [0.15, 0.2) is 36.5 Å². The van der Waals surface area contributed by atoms with Crippen molar-refractivity contribution >= 4 is 15.9 Å². The minimum absolute atomic E-state index is 0.366. The van der Waals surface area contributed by atoms with Gasteiger partial charge in [-0.05, 0) is 36.2 Å². The van der Waals surface area contributed by atoms with Crippen LogP contribution in [-0.2, 0) is 12.6 Å². The summed E-state index contributed by atoms with van der Waals surface area (Å²) in [6.07, 6.45) is -2.58. The van der Waals surface area contributed by atoms with Gasteiger partial charge in [-0.25, -0.2) is 4.39 Å². The molecule has 0 amide bonds. The number of aromatic nitrogens is 1. The van der Waals surface area contributed by atoms with E-state index < -0.39 is 17.6 Å². The topological polar surface area (TPSA) is 12.9 Å². The van der Waals surface area contributed by atoms with E-state index in [-0.39, 0.29) is 4.83 Å². The average Bonchev–Trinajstić information content (AvgIpc) is 2.40. The molecule has 0 spiro atoms. The van der Waals surface area contributed by atoms with Crippen LogP contribution in [0.3, 0.4) is 0 Å². The quantitative estimate of drug-likeness (QED) is 0.539. The van der Waals surface area contributed by atoms with Crippen molar-refractivity contribution in [3.63, 3.8) is 0 Å². The van der Waals surface area contributed by atoms with Gasteiger partial charge in [-0.1, -0.05) is 28.1 Å². The highest BCUT2D eigenvalue weighted by Crippen LogP contribution is 2.35. The van der Waals surface area contributed by atoms with Crippen molar-refractivity contribution in [1.29, 1.82) is 0 Å². The number of hydrogen-bond acceptors (Lipinski definition) is 1. The van der Waals surface area contributed by atoms with Crippen LogP contribution in [0.25, 0.3) is 0 Å². The molecule has 21 heavy (non-hydrogen) atoms. The van der Waals surface area contributed by atoms with E-state index in [2.05, 4.69) is 20.9 Å². The van der Waals surface area contributed by atoms with Crippen LogP contribution in [0.5, 0.6) is 0 Å². The fourth-order valence-electron chi connectivity index (χ4n) is 1.88. The third-order valence-corrected chi connectivity index (χ3v) is 3.87. The van der Waals surface area contributed by atoms with Crippen LogP contribution in [-0.4, -0.2) is 4.98 Å². The minimum Gasteiger partial charge on any atom is -0.261 e. The van der Waals surface area contributed by atoms with Gasteiger partial charge in [0.05, 0.1) is 5.56 Å². The highest BCUT2D eigenvalue weighted by atomic mass is 79.9. The predicted octanol–water partition coefficient (Wildman–Crippen LogP) is 5.23. The summed E-state index contributed by atoms with van der Waals surface area (Å²) in [5.74, 6) is -1.26. The SMILES string of the molecule is Cc1ccc(CC(Br)c2ccc(F)c(C(F)(F)F)c2)nc1. The van der Waals surface area contributed by atoms with Gasteiger partial charge in [0.15, 0.2) is 0 Å². The second-order valence-corrected chi connectivity index (χ2v) is 5.84. The molecule has 0 fully saturated rings. The van der Waals surface area contributed by atoms with Crippen LogP contribution in [0, 0.1) is 12.7 Å². The molecule has 0 aliphatic carbocycles. The number of hydrogen-bond donors (Lipinski definition) is 0. The Morgan fingerprint density at radius 3 is 2.48 bits per heavy atom. The van der Waals surface area contributed by atoms with Crippen molar-refractivity contribution in [3.8, 4) is 0 Å². The van der Waals surface area contributed by atoms with Gasteiger partial charge >= 0.3 is 6.18 Å². The Hall–Kier alpha value is -1.43. The lowest BCUT2D eigenvalue weighted by Gasteiger charge is -2.14. The van der Waals surface area contributed by atoms with E-state index in [4.69, 9.17) is 0 Å². The van der Waals surface area contributed by atoms with Crippen LogP contribution in [0.1, 0.15) is 27.2 Å². The summed E-state index contributed by atoms with van der Waals surface area (Å²) in [7, 11) is 0. The Morgan fingerprint density at radius 2 is 1.90 bits per heavy atom. The summed E-state index contributed by atoms with van der Waals surface area (Å²) in [4.78, 5) is 3.84. The van der Waals surface area contributed by atoms with Gasteiger partial charge in [0.1, 0.15) is 5.82 Å². The molecule has 2 rings (SSSR count). The molecule has 1 nitrogen and oxygen atoms in total. The zero-order chi connectivity index (χ0) is 15.6. The molecular weight excluding hydrogens is 350 g/mol. The fraction of sp³-hybridized carbons (Fsp3) is 0.267. The molecule has 1 heterocycles. The Morgan fingerprint density at radius 1 is 1.19 bits per heavy atom. The molecule has 112 valence electrons. The fourth-order valence-corrected chi connectivity index (χ4v) is 2.49. The van der Waals surface area contributed by atoms with Gasteiger partial charge in [0.25, 0.3) is 0 Å². The molecule has 0 radical (unpaired) electrons. The Balaban J connectivity index is 2.23. The number of rotatable bonds is 3. The molecule has 1 unspecified atom stereocenters. The van der Waals surface area contributed by atoms with E-state index in [1.807, 2.05) is 19.1 Å². The first kappa shape index (κ1) is 15.9. The van der Waals surface area contributed by atoms with Crippen LogP contribution >= 0.6 is 15.9 Å². The molecule has 1 aromatic heterocycles. The predicted molar refractivity (Wildman–Crippen MR) is 75.7 cm³/mol.